The Labute approximate surface area is 106 Å². The molecule has 1 aromatic carbocycles. The Bertz CT molecular complexity index is 447. The number of rotatable bonds is 4. The summed E-state index contributed by atoms with van der Waals surface area (Å²) in [6, 6.07) is 3.32. The molecule has 3 nitrogen and oxygen atoms in total. The van der Waals surface area contributed by atoms with Crippen LogP contribution < -0.4 is 5.73 Å². The SMILES string of the molecule is CN(Cc1ccc(F)cc1F)C(=O)C(C)(C)CN. The third-order valence-electron chi connectivity index (χ3n) is 2.86. The van der Waals surface area contributed by atoms with Gasteiger partial charge in [-0.2, -0.15) is 0 Å². The number of hydrogen-bond donors (Lipinski definition) is 1. The van der Waals surface area contributed by atoms with E-state index in [0.29, 0.717) is 0 Å². The zero-order chi connectivity index (χ0) is 13.9. The van der Waals surface area contributed by atoms with Crippen molar-refractivity contribution in [1.82, 2.24) is 4.90 Å². The van der Waals surface area contributed by atoms with Gasteiger partial charge in [-0.1, -0.05) is 6.07 Å². The molecule has 0 saturated carbocycles. The maximum absolute atomic E-state index is 13.4. The van der Waals surface area contributed by atoms with E-state index in [0.717, 1.165) is 6.07 Å². The second-order valence-electron chi connectivity index (χ2n) is 4.98. The molecule has 0 aliphatic rings. The summed E-state index contributed by atoms with van der Waals surface area (Å²) in [6.07, 6.45) is 0. The Morgan fingerprint density at radius 2 is 2.00 bits per heavy atom. The van der Waals surface area contributed by atoms with Gasteiger partial charge in [0.15, 0.2) is 0 Å². The number of halogens is 2. The van der Waals surface area contributed by atoms with Gasteiger partial charge in [0, 0.05) is 31.8 Å². The van der Waals surface area contributed by atoms with Crippen LogP contribution in [0.4, 0.5) is 8.78 Å². The predicted octanol–water partition coefficient (Wildman–Crippen LogP) is 1.91. The van der Waals surface area contributed by atoms with Gasteiger partial charge in [0.05, 0.1) is 5.41 Å². The van der Waals surface area contributed by atoms with Crippen LogP contribution in [0.25, 0.3) is 0 Å². The summed E-state index contributed by atoms with van der Waals surface area (Å²) in [6.45, 7) is 3.76. The summed E-state index contributed by atoms with van der Waals surface area (Å²) in [7, 11) is 1.57. The molecule has 18 heavy (non-hydrogen) atoms. The molecular weight excluding hydrogens is 238 g/mol. The maximum atomic E-state index is 13.4. The van der Waals surface area contributed by atoms with Crippen LogP contribution in [0.3, 0.4) is 0 Å². The van der Waals surface area contributed by atoms with Crippen LogP contribution in [-0.2, 0) is 11.3 Å². The Morgan fingerprint density at radius 3 is 2.50 bits per heavy atom. The van der Waals surface area contributed by atoms with E-state index >= 15 is 0 Å². The van der Waals surface area contributed by atoms with Crippen LogP contribution in [0.5, 0.6) is 0 Å². The van der Waals surface area contributed by atoms with E-state index in [9.17, 15) is 13.6 Å². The lowest BCUT2D eigenvalue weighted by molar-refractivity contribution is -0.139. The monoisotopic (exact) mass is 256 g/mol. The first-order chi connectivity index (χ1) is 8.27. The Morgan fingerprint density at radius 1 is 1.39 bits per heavy atom. The van der Waals surface area contributed by atoms with E-state index < -0.39 is 17.0 Å². The Hall–Kier alpha value is -1.49. The van der Waals surface area contributed by atoms with Crippen LogP contribution in [0.1, 0.15) is 19.4 Å². The fourth-order valence-electron chi connectivity index (χ4n) is 1.58. The Kier molecular flexibility index (Phi) is 4.40. The van der Waals surface area contributed by atoms with Gasteiger partial charge in [-0.05, 0) is 19.9 Å². The van der Waals surface area contributed by atoms with Crippen molar-refractivity contribution < 1.29 is 13.6 Å². The lowest BCUT2D eigenvalue weighted by Gasteiger charge is -2.28. The first kappa shape index (κ1) is 14.6. The predicted molar refractivity (Wildman–Crippen MR) is 65.7 cm³/mol. The summed E-state index contributed by atoms with van der Waals surface area (Å²) >= 11 is 0. The molecule has 0 fully saturated rings. The number of hydrogen-bond acceptors (Lipinski definition) is 2. The van der Waals surface area contributed by atoms with Crippen LogP contribution in [0.2, 0.25) is 0 Å². The molecular formula is C13H18F2N2O. The molecule has 1 aromatic rings. The molecule has 0 aliphatic heterocycles. The molecule has 0 heterocycles. The number of carbonyl (C=O) groups excluding carboxylic acids is 1. The van der Waals surface area contributed by atoms with E-state index in [1.165, 1.54) is 17.0 Å². The fraction of sp³-hybridized carbons (Fsp3) is 0.462. The van der Waals surface area contributed by atoms with Crippen molar-refractivity contribution >= 4 is 5.91 Å². The summed E-state index contributed by atoms with van der Waals surface area (Å²) in [5, 5.41) is 0. The van der Waals surface area contributed by atoms with E-state index in [1.54, 1.807) is 20.9 Å². The minimum absolute atomic E-state index is 0.0916. The molecule has 0 aliphatic carbocycles. The summed E-state index contributed by atoms with van der Waals surface area (Å²) < 4.78 is 26.2. The van der Waals surface area contributed by atoms with Crippen molar-refractivity contribution in [3.8, 4) is 0 Å². The highest BCUT2D eigenvalue weighted by atomic mass is 19.1. The number of amides is 1. The van der Waals surface area contributed by atoms with Crippen LogP contribution in [-0.4, -0.2) is 24.4 Å². The summed E-state index contributed by atoms with van der Waals surface area (Å²) in [4.78, 5) is 13.4. The molecule has 2 N–H and O–H groups in total. The quantitative estimate of drug-likeness (QED) is 0.894. The lowest BCUT2D eigenvalue weighted by Crippen LogP contribution is -2.42. The smallest absolute Gasteiger partial charge is 0.229 e. The van der Waals surface area contributed by atoms with Crippen LogP contribution in [0, 0.1) is 17.0 Å². The lowest BCUT2D eigenvalue weighted by atomic mass is 9.92. The number of benzene rings is 1. The van der Waals surface area contributed by atoms with Crippen molar-refractivity contribution in [1.29, 1.82) is 0 Å². The van der Waals surface area contributed by atoms with E-state index in [2.05, 4.69) is 0 Å². The fourth-order valence-corrected chi connectivity index (χ4v) is 1.58. The summed E-state index contributed by atoms with van der Waals surface area (Å²) in [5.74, 6) is -1.46. The van der Waals surface area contributed by atoms with Crippen molar-refractivity contribution in [3.05, 3.63) is 35.4 Å². The minimum Gasteiger partial charge on any atom is -0.341 e. The van der Waals surface area contributed by atoms with Gasteiger partial charge in [0.2, 0.25) is 5.91 Å². The summed E-state index contributed by atoms with van der Waals surface area (Å²) in [5.41, 5.74) is 5.11. The molecule has 0 saturated heterocycles. The Balaban J connectivity index is 2.82. The van der Waals surface area contributed by atoms with Gasteiger partial charge < -0.3 is 10.6 Å². The standard InChI is InChI=1S/C13H18F2N2O/c1-13(2,8-16)12(18)17(3)7-9-4-5-10(14)6-11(9)15/h4-6H,7-8,16H2,1-3H3. The molecule has 5 heteroatoms. The van der Waals surface area contributed by atoms with Crippen molar-refractivity contribution in [2.24, 2.45) is 11.1 Å². The zero-order valence-electron chi connectivity index (χ0n) is 10.8. The van der Waals surface area contributed by atoms with Gasteiger partial charge in [0.1, 0.15) is 11.6 Å². The number of carbonyl (C=O) groups is 1. The minimum atomic E-state index is -0.689. The average molecular weight is 256 g/mol. The van der Waals surface area contributed by atoms with Crippen molar-refractivity contribution in [2.75, 3.05) is 13.6 Å². The average Bonchev–Trinajstić information content (AvgIpc) is 2.31. The highest BCUT2D eigenvalue weighted by Crippen LogP contribution is 2.19. The second-order valence-corrected chi connectivity index (χ2v) is 4.98. The van der Waals surface area contributed by atoms with E-state index in [4.69, 9.17) is 5.73 Å². The third-order valence-corrected chi connectivity index (χ3v) is 2.86. The molecule has 0 aromatic heterocycles. The van der Waals surface area contributed by atoms with Gasteiger partial charge in [-0.15, -0.1) is 0 Å². The van der Waals surface area contributed by atoms with Crippen LogP contribution in [0.15, 0.2) is 18.2 Å². The number of nitrogens with zero attached hydrogens (tertiary/aromatic N) is 1. The molecule has 0 radical (unpaired) electrons. The first-order valence-corrected chi connectivity index (χ1v) is 5.67. The molecule has 0 spiro atoms. The van der Waals surface area contributed by atoms with Crippen LogP contribution >= 0.6 is 0 Å². The molecule has 1 amide bonds. The van der Waals surface area contributed by atoms with Gasteiger partial charge in [-0.3, -0.25) is 4.79 Å². The topological polar surface area (TPSA) is 46.3 Å². The van der Waals surface area contributed by atoms with Crippen molar-refractivity contribution in [2.45, 2.75) is 20.4 Å². The highest BCUT2D eigenvalue weighted by molar-refractivity contribution is 5.81. The molecule has 1 rings (SSSR count). The molecule has 0 unspecified atom stereocenters. The van der Waals surface area contributed by atoms with Gasteiger partial charge in [0.25, 0.3) is 0 Å². The van der Waals surface area contributed by atoms with Crippen molar-refractivity contribution in [3.63, 3.8) is 0 Å². The third kappa shape index (κ3) is 3.26. The normalized spacial score (nSPS) is 11.4. The van der Waals surface area contributed by atoms with Gasteiger partial charge >= 0.3 is 0 Å². The second kappa shape index (κ2) is 5.44. The van der Waals surface area contributed by atoms with E-state index in [1.807, 2.05) is 0 Å². The number of nitrogens with two attached hydrogens (primary N) is 1. The molecule has 100 valence electrons. The van der Waals surface area contributed by atoms with E-state index in [-0.39, 0.29) is 24.6 Å². The first-order valence-electron chi connectivity index (χ1n) is 5.67. The molecule has 0 atom stereocenters. The zero-order valence-corrected chi connectivity index (χ0v) is 10.8. The van der Waals surface area contributed by atoms with Gasteiger partial charge in [-0.25, -0.2) is 8.78 Å². The molecule has 0 bridgehead atoms. The highest BCUT2D eigenvalue weighted by Gasteiger charge is 2.29. The maximum Gasteiger partial charge on any atom is 0.229 e. The largest absolute Gasteiger partial charge is 0.341 e.